The topological polar surface area (TPSA) is 83.8 Å². The number of aryl methyl sites for hydroxylation is 1. The summed E-state index contributed by atoms with van der Waals surface area (Å²) in [6, 6.07) is 6.86. The Morgan fingerprint density at radius 2 is 2.29 bits per heavy atom. The van der Waals surface area contributed by atoms with Crippen LogP contribution in [0.25, 0.3) is 0 Å². The molecule has 2 rings (SSSR count). The molecule has 1 heterocycles. The largest absolute Gasteiger partial charge is 0.395 e. The molecule has 88 valence electrons. The number of aromatic nitrogens is 2. The molecule has 5 nitrogen and oxygen atoms in total. The maximum Gasteiger partial charge on any atom is 0.278 e. The molecule has 0 bridgehead atoms. The van der Waals surface area contributed by atoms with E-state index in [4.69, 9.17) is 17.3 Å². The second kappa shape index (κ2) is 4.47. The highest BCUT2D eigenvalue weighted by molar-refractivity contribution is 6.31. The van der Waals surface area contributed by atoms with Crippen molar-refractivity contribution in [2.75, 3.05) is 11.1 Å². The van der Waals surface area contributed by atoms with Crippen LogP contribution in [-0.4, -0.2) is 16.1 Å². The van der Waals surface area contributed by atoms with Gasteiger partial charge in [-0.05, 0) is 25.1 Å². The summed E-state index contributed by atoms with van der Waals surface area (Å²) in [5.74, 6) is -0.367. The van der Waals surface area contributed by atoms with Gasteiger partial charge in [0.15, 0.2) is 5.69 Å². The van der Waals surface area contributed by atoms with Crippen molar-refractivity contribution in [3.05, 3.63) is 40.7 Å². The Balaban J connectivity index is 2.20. The maximum absolute atomic E-state index is 11.8. The Hall–Kier alpha value is -2.01. The molecule has 0 saturated carbocycles. The number of anilines is 2. The number of nitrogen functional groups attached to an aromatic ring is 1. The number of H-pyrrole nitrogens is 1. The van der Waals surface area contributed by atoms with Crippen molar-refractivity contribution in [3.63, 3.8) is 0 Å². The molecule has 0 atom stereocenters. The number of hydrogen-bond acceptors (Lipinski definition) is 3. The fourth-order valence-corrected chi connectivity index (χ4v) is 1.56. The number of carbonyl (C=O) groups is 1. The number of aromatic amines is 1. The molecule has 0 aliphatic rings. The van der Waals surface area contributed by atoms with Gasteiger partial charge in [0.2, 0.25) is 0 Å². The minimum Gasteiger partial charge on any atom is -0.395 e. The van der Waals surface area contributed by atoms with Gasteiger partial charge in [0.25, 0.3) is 5.91 Å². The quantitative estimate of drug-likeness (QED) is 0.764. The Morgan fingerprint density at radius 1 is 1.53 bits per heavy atom. The number of amides is 1. The number of benzene rings is 1. The van der Waals surface area contributed by atoms with Gasteiger partial charge in [-0.2, -0.15) is 5.10 Å². The Morgan fingerprint density at radius 3 is 2.88 bits per heavy atom. The van der Waals surface area contributed by atoms with E-state index in [1.54, 1.807) is 31.2 Å². The third-order valence-corrected chi connectivity index (χ3v) is 2.53. The summed E-state index contributed by atoms with van der Waals surface area (Å²) in [5.41, 5.74) is 7.51. The van der Waals surface area contributed by atoms with Crippen molar-refractivity contribution < 1.29 is 4.79 Å². The first-order chi connectivity index (χ1) is 8.08. The fraction of sp³-hybridized carbons (Fsp3) is 0.0909. The molecule has 2 aromatic rings. The molecule has 4 N–H and O–H groups in total. The van der Waals surface area contributed by atoms with Crippen LogP contribution >= 0.6 is 11.6 Å². The van der Waals surface area contributed by atoms with Gasteiger partial charge >= 0.3 is 0 Å². The van der Waals surface area contributed by atoms with Gasteiger partial charge in [0.05, 0.1) is 11.4 Å². The third kappa shape index (κ3) is 2.39. The molecular formula is C11H11ClN4O. The lowest BCUT2D eigenvalue weighted by atomic mass is 10.2. The molecule has 1 amide bonds. The summed E-state index contributed by atoms with van der Waals surface area (Å²) in [4.78, 5) is 11.8. The van der Waals surface area contributed by atoms with Gasteiger partial charge in [-0.1, -0.05) is 17.7 Å². The summed E-state index contributed by atoms with van der Waals surface area (Å²) in [5, 5.41) is 9.71. The second-order valence-corrected chi connectivity index (χ2v) is 4.01. The van der Waals surface area contributed by atoms with Gasteiger partial charge in [-0.15, -0.1) is 0 Å². The van der Waals surface area contributed by atoms with Crippen LogP contribution in [0.2, 0.25) is 5.02 Å². The van der Waals surface area contributed by atoms with Crippen molar-refractivity contribution in [1.82, 2.24) is 10.2 Å². The maximum atomic E-state index is 11.8. The van der Waals surface area contributed by atoms with Crippen molar-refractivity contribution in [2.45, 2.75) is 6.92 Å². The molecule has 0 aliphatic heterocycles. The van der Waals surface area contributed by atoms with Crippen LogP contribution in [0, 0.1) is 6.92 Å². The molecule has 6 heteroatoms. The lowest BCUT2D eigenvalue weighted by Crippen LogP contribution is -2.14. The van der Waals surface area contributed by atoms with E-state index in [1.807, 2.05) is 0 Å². The molecule has 0 spiro atoms. The highest BCUT2D eigenvalue weighted by atomic mass is 35.5. The van der Waals surface area contributed by atoms with Crippen molar-refractivity contribution >= 4 is 28.9 Å². The SMILES string of the molecule is Cc1[nH]nc(C(=O)Nc2cccc(Cl)c2)c1N. The van der Waals surface area contributed by atoms with Gasteiger partial charge in [0, 0.05) is 10.7 Å². The van der Waals surface area contributed by atoms with Gasteiger partial charge in [-0.25, -0.2) is 0 Å². The third-order valence-electron chi connectivity index (χ3n) is 2.29. The van der Waals surface area contributed by atoms with Crippen molar-refractivity contribution in [3.8, 4) is 0 Å². The molecule has 1 aromatic carbocycles. The van der Waals surface area contributed by atoms with E-state index < -0.39 is 0 Å². The average molecular weight is 251 g/mol. The summed E-state index contributed by atoms with van der Waals surface area (Å²) in [6.07, 6.45) is 0. The molecule has 1 aromatic heterocycles. The number of nitrogens with two attached hydrogens (primary N) is 1. The first kappa shape index (κ1) is 11.5. The van der Waals surface area contributed by atoms with E-state index in [0.717, 1.165) is 0 Å². The summed E-state index contributed by atoms with van der Waals surface area (Å²) < 4.78 is 0. The monoisotopic (exact) mass is 250 g/mol. The Labute approximate surface area is 103 Å². The predicted molar refractivity (Wildman–Crippen MR) is 67.1 cm³/mol. The highest BCUT2D eigenvalue weighted by Crippen LogP contribution is 2.18. The standard InChI is InChI=1S/C11H11ClN4O/c1-6-9(13)10(16-15-6)11(17)14-8-4-2-3-7(12)5-8/h2-5H,13H2,1H3,(H,14,17)(H,15,16). The zero-order valence-corrected chi connectivity index (χ0v) is 9.88. The average Bonchev–Trinajstić information content (AvgIpc) is 2.60. The van der Waals surface area contributed by atoms with E-state index in [1.165, 1.54) is 0 Å². The number of halogens is 1. The number of hydrogen-bond donors (Lipinski definition) is 3. The molecule has 0 fully saturated rings. The number of nitrogens with one attached hydrogen (secondary N) is 2. The van der Waals surface area contributed by atoms with E-state index >= 15 is 0 Å². The van der Waals surface area contributed by atoms with Crippen LogP contribution in [0.4, 0.5) is 11.4 Å². The van der Waals surface area contributed by atoms with Crippen LogP contribution in [0.15, 0.2) is 24.3 Å². The van der Waals surface area contributed by atoms with Gasteiger partial charge in [0.1, 0.15) is 0 Å². The molecule has 0 aliphatic carbocycles. The molecule has 17 heavy (non-hydrogen) atoms. The minimum absolute atomic E-state index is 0.183. The summed E-state index contributed by atoms with van der Waals surface area (Å²) in [7, 11) is 0. The number of carbonyl (C=O) groups excluding carboxylic acids is 1. The van der Waals surface area contributed by atoms with Crippen LogP contribution in [-0.2, 0) is 0 Å². The van der Waals surface area contributed by atoms with Gasteiger partial charge in [-0.3, -0.25) is 9.89 Å². The van der Waals surface area contributed by atoms with Crippen LogP contribution in [0.3, 0.4) is 0 Å². The lowest BCUT2D eigenvalue weighted by molar-refractivity contribution is 0.102. The van der Waals surface area contributed by atoms with E-state index in [0.29, 0.717) is 22.1 Å². The Bertz CT molecular complexity index is 564. The second-order valence-electron chi connectivity index (χ2n) is 3.58. The zero-order chi connectivity index (χ0) is 12.4. The predicted octanol–water partition coefficient (Wildman–Crippen LogP) is 2.21. The molecular weight excluding hydrogens is 240 g/mol. The fourth-order valence-electron chi connectivity index (χ4n) is 1.37. The van der Waals surface area contributed by atoms with E-state index in [-0.39, 0.29) is 11.6 Å². The minimum atomic E-state index is -0.367. The van der Waals surface area contributed by atoms with Crippen LogP contribution < -0.4 is 11.1 Å². The smallest absolute Gasteiger partial charge is 0.278 e. The van der Waals surface area contributed by atoms with E-state index in [9.17, 15) is 4.79 Å². The van der Waals surface area contributed by atoms with Gasteiger partial charge < -0.3 is 11.1 Å². The molecule has 0 saturated heterocycles. The number of nitrogens with zero attached hydrogens (tertiary/aromatic N) is 1. The van der Waals surface area contributed by atoms with Crippen molar-refractivity contribution in [2.24, 2.45) is 0 Å². The highest BCUT2D eigenvalue weighted by Gasteiger charge is 2.15. The normalized spacial score (nSPS) is 10.2. The summed E-state index contributed by atoms with van der Waals surface area (Å²) >= 11 is 5.81. The summed E-state index contributed by atoms with van der Waals surface area (Å²) in [6.45, 7) is 1.75. The zero-order valence-electron chi connectivity index (χ0n) is 9.12. The number of rotatable bonds is 2. The van der Waals surface area contributed by atoms with E-state index in [2.05, 4.69) is 15.5 Å². The lowest BCUT2D eigenvalue weighted by Gasteiger charge is -2.03. The first-order valence-electron chi connectivity index (χ1n) is 4.95. The van der Waals surface area contributed by atoms with Crippen molar-refractivity contribution in [1.29, 1.82) is 0 Å². The molecule has 0 unspecified atom stereocenters. The van der Waals surface area contributed by atoms with Crippen LogP contribution in [0.5, 0.6) is 0 Å². The Kier molecular flexibility index (Phi) is 3.01. The first-order valence-corrected chi connectivity index (χ1v) is 5.33. The molecule has 0 radical (unpaired) electrons. The van der Waals surface area contributed by atoms with Crippen LogP contribution in [0.1, 0.15) is 16.2 Å².